The highest BCUT2D eigenvalue weighted by molar-refractivity contribution is 14.1. The number of methoxy groups -OCH3 is 1. The average Bonchev–Trinajstić information content (AvgIpc) is 2.02. The zero-order valence-corrected chi connectivity index (χ0v) is 10.8. The molecule has 0 fully saturated rings. The molecule has 0 atom stereocenters. The van der Waals surface area contributed by atoms with Crippen molar-refractivity contribution in [2.24, 2.45) is 0 Å². The summed E-state index contributed by atoms with van der Waals surface area (Å²) in [6, 6.07) is 5.86. The molecule has 0 saturated heterocycles. The number of hydrogen-bond donors (Lipinski definition) is 0. The molecule has 0 saturated carbocycles. The maximum atomic E-state index is 11.0. The Morgan fingerprint density at radius 2 is 2.23 bits per heavy atom. The van der Waals surface area contributed by atoms with E-state index in [1.807, 2.05) is 18.2 Å². The minimum Gasteiger partial charge on any atom is -0.469 e. The van der Waals surface area contributed by atoms with Crippen molar-refractivity contribution in [2.75, 3.05) is 7.11 Å². The Morgan fingerprint density at radius 3 is 2.77 bits per heavy atom. The molecule has 0 radical (unpaired) electrons. The first-order valence-corrected chi connectivity index (χ1v) is 5.51. The van der Waals surface area contributed by atoms with Gasteiger partial charge in [0.25, 0.3) is 0 Å². The lowest BCUT2D eigenvalue weighted by molar-refractivity contribution is -0.139. The van der Waals surface area contributed by atoms with Crippen molar-refractivity contribution in [3.63, 3.8) is 0 Å². The number of benzene rings is 1. The zero-order chi connectivity index (χ0) is 9.84. The number of rotatable bonds is 2. The van der Waals surface area contributed by atoms with Crippen molar-refractivity contribution < 1.29 is 9.53 Å². The van der Waals surface area contributed by atoms with Gasteiger partial charge in [0.05, 0.1) is 13.5 Å². The van der Waals surface area contributed by atoms with Crippen LogP contribution in [0.5, 0.6) is 0 Å². The smallest absolute Gasteiger partial charge is 0.309 e. The van der Waals surface area contributed by atoms with E-state index >= 15 is 0 Å². The number of halogens is 2. The predicted octanol–water partition coefficient (Wildman–Crippen LogP) is 2.77. The van der Waals surface area contributed by atoms with Crippen molar-refractivity contribution in [1.82, 2.24) is 0 Å². The fourth-order valence-corrected chi connectivity index (χ4v) is 2.66. The van der Waals surface area contributed by atoms with Crippen LogP contribution in [-0.2, 0) is 16.0 Å². The minimum atomic E-state index is -0.214. The quantitative estimate of drug-likeness (QED) is 0.603. The molecular weight excluding hydrogens is 347 g/mol. The number of esters is 1. The second-order valence-electron chi connectivity index (χ2n) is 2.53. The van der Waals surface area contributed by atoms with E-state index in [4.69, 9.17) is 0 Å². The van der Waals surface area contributed by atoms with Crippen molar-refractivity contribution in [3.05, 3.63) is 31.8 Å². The van der Waals surface area contributed by atoms with Crippen LogP contribution in [0.1, 0.15) is 5.56 Å². The van der Waals surface area contributed by atoms with Gasteiger partial charge < -0.3 is 4.74 Å². The van der Waals surface area contributed by atoms with E-state index in [0.717, 1.165) is 13.6 Å². The number of carbonyl (C=O) groups excluding carboxylic acids is 1. The van der Waals surface area contributed by atoms with Crippen LogP contribution in [0.3, 0.4) is 0 Å². The van der Waals surface area contributed by atoms with Gasteiger partial charge in [-0.3, -0.25) is 4.79 Å². The molecule has 0 aliphatic carbocycles. The van der Waals surface area contributed by atoms with Crippen molar-refractivity contribution >= 4 is 44.5 Å². The van der Waals surface area contributed by atoms with E-state index in [1.165, 1.54) is 7.11 Å². The van der Waals surface area contributed by atoms with Gasteiger partial charge in [0.1, 0.15) is 0 Å². The lowest BCUT2D eigenvalue weighted by Crippen LogP contribution is -2.04. The lowest BCUT2D eigenvalue weighted by atomic mass is 10.2. The second kappa shape index (κ2) is 4.95. The molecule has 0 N–H and O–H groups in total. The van der Waals surface area contributed by atoms with Crippen LogP contribution < -0.4 is 0 Å². The van der Waals surface area contributed by atoms with Crippen molar-refractivity contribution in [2.45, 2.75) is 6.42 Å². The number of carbonyl (C=O) groups is 1. The van der Waals surface area contributed by atoms with Gasteiger partial charge in [0.15, 0.2) is 0 Å². The molecule has 1 rings (SSSR count). The summed E-state index contributed by atoms with van der Waals surface area (Å²) < 4.78 is 6.66. The highest BCUT2D eigenvalue weighted by atomic mass is 127. The van der Waals surface area contributed by atoms with E-state index in [0.29, 0.717) is 6.42 Å². The fourth-order valence-electron chi connectivity index (χ4n) is 0.952. The summed E-state index contributed by atoms with van der Waals surface area (Å²) in [7, 11) is 1.39. The SMILES string of the molecule is COC(=O)Cc1cc(Br)cc(I)c1. The second-order valence-corrected chi connectivity index (χ2v) is 4.69. The summed E-state index contributed by atoms with van der Waals surface area (Å²) in [5.41, 5.74) is 0.964. The van der Waals surface area contributed by atoms with Gasteiger partial charge in [-0.15, -0.1) is 0 Å². The predicted molar refractivity (Wildman–Crippen MR) is 62.6 cm³/mol. The third-order valence-corrected chi connectivity index (χ3v) is 2.58. The third-order valence-electron chi connectivity index (χ3n) is 1.50. The molecule has 0 heterocycles. The largest absolute Gasteiger partial charge is 0.469 e. The molecule has 0 aliphatic heterocycles. The normalized spacial score (nSPS) is 9.77. The molecule has 70 valence electrons. The highest BCUT2D eigenvalue weighted by Crippen LogP contribution is 2.17. The van der Waals surface area contributed by atoms with Crippen molar-refractivity contribution in [3.8, 4) is 0 Å². The van der Waals surface area contributed by atoms with Gasteiger partial charge in [-0.2, -0.15) is 0 Å². The molecular formula is C9H8BrIO2. The monoisotopic (exact) mass is 354 g/mol. The Balaban J connectivity index is 2.83. The van der Waals surface area contributed by atoms with E-state index < -0.39 is 0 Å². The average molecular weight is 355 g/mol. The molecule has 1 aromatic carbocycles. The van der Waals surface area contributed by atoms with E-state index in [-0.39, 0.29) is 5.97 Å². The third kappa shape index (κ3) is 3.64. The summed E-state index contributed by atoms with van der Waals surface area (Å²) in [6.45, 7) is 0. The number of ether oxygens (including phenoxy) is 1. The molecule has 0 bridgehead atoms. The van der Waals surface area contributed by atoms with Crippen LogP contribution in [0.4, 0.5) is 0 Å². The Morgan fingerprint density at radius 1 is 1.54 bits per heavy atom. The summed E-state index contributed by atoms with van der Waals surface area (Å²) >= 11 is 5.58. The van der Waals surface area contributed by atoms with Gasteiger partial charge in [0, 0.05) is 8.04 Å². The summed E-state index contributed by atoms with van der Waals surface area (Å²) in [5.74, 6) is -0.214. The zero-order valence-electron chi connectivity index (χ0n) is 7.01. The van der Waals surface area contributed by atoms with Crippen LogP contribution in [0.15, 0.2) is 22.7 Å². The van der Waals surface area contributed by atoms with Crippen LogP contribution in [0.25, 0.3) is 0 Å². The summed E-state index contributed by atoms with van der Waals surface area (Å²) in [5, 5.41) is 0. The first-order chi connectivity index (χ1) is 6.11. The Hall–Kier alpha value is -0.100. The van der Waals surface area contributed by atoms with Crippen LogP contribution in [0, 0.1) is 3.57 Å². The van der Waals surface area contributed by atoms with E-state index in [9.17, 15) is 4.79 Å². The van der Waals surface area contributed by atoms with Crippen LogP contribution in [0.2, 0.25) is 0 Å². The molecule has 4 heteroatoms. The fraction of sp³-hybridized carbons (Fsp3) is 0.222. The van der Waals surface area contributed by atoms with Gasteiger partial charge in [-0.05, 0) is 46.4 Å². The maximum Gasteiger partial charge on any atom is 0.309 e. The Kier molecular flexibility index (Phi) is 4.18. The molecule has 0 amide bonds. The minimum absolute atomic E-state index is 0.214. The Labute approximate surface area is 98.9 Å². The standard InChI is InChI=1S/C9H8BrIO2/c1-13-9(12)4-6-2-7(10)5-8(11)3-6/h2-3,5H,4H2,1H3. The first kappa shape index (κ1) is 11.0. The molecule has 1 aromatic rings. The maximum absolute atomic E-state index is 11.0. The number of hydrogen-bond acceptors (Lipinski definition) is 2. The van der Waals surface area contributed by atoms with Crippen molar-refractivity contribution in [1.29, 1.82) is 0 Å². The van der Waals surface area contributed by atoms with Crippen LogP contribution in [-0.4, -0.2) is 13.1 Å². The summed E-state index contributed by atoms with van der Waals surface area (Å²) in [6.07, 6.45) is 0.325. The molecule has 13 heavy (non-hydrogen) atoms. The molecule has 0 unspecified atom stereocenters. The van der Waals surface area contributed by atoms with Gasteiger partial charge >= 0.3 is 5.97 Å². The van der Waals surface area contributed by atoms with E-state index in [2.05, 4.69) is 43.3 Å². The summed E-state index contributed by atoms with van der Waals surface area (Å²) in [4.78, 5) is 11.0. The van der Waals surface area contributed by atoms with Crippen LogP contribution >= 0.6 is 38.5 Å². The lowest BCUT2D eigenvalue weighted by Gasteiger charge is -2.01. The van der Waals surface area contributed by atoms with E-state index in [1.54, 1.807) is 0 Å². The molecule has 0 aliphatic rings. The Bertz CT molecular complexity index is 305. The topological polar surface area (TPSA) is 26.3 Å². The molecule has 0 aromatic heterocycles. The van der Waals surface area contributed by atoms with Gasteiger partial charge in [0.2, 0.25) is 0 Å². The highest BCUT2D eigenvalue weighted by Gasteiger charge is 2.04. The first-order valence-electron chi connectivity index (χ1n) is 3.63. The molecule has 2 nitrogen and oxygen atoms in total. The molecule has 0 spiro atoms. The van der Waals surface area contributed by atoms with Gasteiger partial charge in [-0.1, -0.05) is 15.9 Å². The van der Waals surface area contributed by atoms with Gasteiger partial charge in [-0.25, -0.2) is 0 Å².